The number of aliphatic hydroxyl groups excluding tert-OH is 2. The quantitative estimate of drug-likeness (QED) is 0.819. The lowest BCUT2D eigenvalue weighted by molar-refractivity contribution is 0.0572. The third kappa shape index (κ3) is 2.10. The average Bonchev–Trinajstić information content (AvgIpc) is 2.69. The van der Waals surface area contributed by atoms with E-state index in [0.717, 1.165) is 16.5 Å². The number of fused-ring (bicyclic) bond motifs is 1. The molecule has 1 fully saturated rings. The first-order valence-corrected chi connectivity index (χ1v) is 6.15. The first-order valence-electron chi connectivity index (χ1n) is 6.15. The zero-order chi connectivity index (χ0) is 12.5. The molecule has 18 heavy (non-hydrogen) atoms. The predicted octanol–water partition coefficient (Wildman–Crippen LogP) is 0.772. The van der Waals surface area contributed by atoms with E-state index in [4.69, 9.17) is 0 Å². The van der Waals surface area contributed by atoms with Gasteiger partial charge < -0.3 is 10.2 Å². The lowest BCUT2D eigenvalue weighted by atomic mass is 10.1. The molecule has 1 aromatic heterocycles. The van der Waals surface area contributed by atoms with Gasteiger partial charge in [-0.25, -0.2) is 0 Å². The highest BCUT2D eigenvalue weighted by Gasteiger charge is 2.29. The highest BCUT2D eigenvalue weighted by molar-refractivity contribution is 5.81. The number of likely N-dealkylation sites (tertiary alicyclic amines) is 1. The van der Waals surface area contributed by atoms with Crippen molar-refractivity contribution in [1.82, 2.24) is 9.88 Å². The molecule has 0 radical (unpaired) electrons. The Balaban J connectivity index is 1.87. The number of rotatable bonds is 2. The average molecular weight is 244 g/mol. The Hall–Kier alpha value is -1.49. The molecule has 1 aliphatic rings. The third-order valence-electron chi connectivity index (χ3n) is 3.44. The van der Waals surface area contributed by atoms with Gasteiger partial charge in [-0.15, -0.1) is 0 Å². The summed E-state index contributed by atoms with van der Waals surface area (Å²) in [6.07, 6.45) is 0.528. The largest absolute Gasteiger partial charge is 0.389 e. The molecule has 1 aliphatic heterocycles. The monoisotopic (exact) mass is 244 g/mol. The van der Waals surface area contributed by atoms with Crippen molar-refractivity contribution < 1.29 is 10.2 Å². The van der Waals surface area contributed by atoms with E-state index in [1.54, 1.807) is 6.20 Å². The minimum absolute atomic E-state index is 0.518. The van der Waals surface area contributed by atoms with Crippen LogP contribution in [0.25, 0.3) is 10.9 Å². The highest BCUT2D eigenvalue weighted by Crippen LogP contribution is 2.20. The molecule has 4 heteroatoms. The van der Waals surface area contributed by atoms with Crippen molar-refractivity contribution in [2.45, 2.75) is 18.8 Å². The maximum Gasteiger partial charge on any atom is 0.0938 e. The molecule has 2 aromatic rings. The van der Waals surface area contributed by atoms with Crippen LogP contribution in [0.2, 0.25) is 0 Å². The fourth-order valence-electron chi connectivity index (χ4n) is 2.51. The van der Waals surface area contributed by atoms with Gasteiger partial charge >= 0.3 is 0 Å². The van der Waals surface area contributed by atoms with E-state index in [-0.39, 0.29) is 0 Å². The van der Waals surface area contributed by atoms with Crippen molar-refractivity contribution in [3.05, 3.63) is 42.1 Å². The molecular weight excluding hydrogens is 228 g/mol. The van der Waals surface area contributed by atoms with Gasteiger partial charge in [-0.2, -0.15) is 0 Å². The number of hydrogen-bond donors (Lipinski definition) is 2. The molecular formula is C14H16N2O2. The van der Waals surface area contributed by atoms with Gasteiger partial charge in [-0.3, -0.25) is 9.88 Å². The molecule has 0 amide bonds. The smallest absolute Gasteiger partial charge is 0.0938 e. The Morgan fingerprint density at radius 1 is 1.11 bits per heavy atom. The summed E-state index contributed by atoms with van der Waals surface area (Å²) < 4.78 is 0. The number of aromatic nitrogens is 1. The molecule has 0 aliphatic carbocycles. The van der Waals surface area contributed by atoms with Crippen LogP contribution in [-0.4, -0.2) is 45.4 Å². The number of benzene rings is 1. The zero-order valence-corrected chi connectivity index (χ0v) is 10.0. The molecule has 2 heterocycles. The summed E-state index contributed by atoms with van der Waals surface area (Å²) in [6, 6.07) is 10.1. The van der Waals surface area contributed by atoms with Crippen molar-refractivity contribution >= 4 is 10.9 Å². The van der Waals surface area contributed by atoms with Gasteiger partial charge in [-0.1, -0.05) is 24.3 Å². The van der Waals surface area contributed by atoms with Crippen LogP contribution < -0.4 is 0 Å². The van der Waals surface area contributed by atoms with E-state index in [2.05, 4.69) is 9.88 Å². The first-order chi connectivity index (χ1) is 8.74. The summed E-state index contributed by atoms with van der Waals surface area (Å²) >= 11 is 0. The van der Waals surface area contributed by atoms with E-state index in [9.17, 15) is 10.2 Å². The second-order valence-corrected chi connectivity index (χ2v) is 4.82. The number of nitrogens with zero attached hydrogens (tertiary/aromatic N) is 2. The standard InChI is InChI=1S/C14H16N2O2/c17-12-8-16(9-13(12)18)7-11-4-1-3-10-5-2-6-15-14(10)11/h1-6,12-13,17-18H,7-9H2. The lowest BCUT2D eigenvalue weighted by Crippen LogP contribution is -2.22. The second-order valence-electron chi connectivity index (χ2n) is 4.82. The summed E-state index contributed by atoms with van der Waals surface area (Å²) in [5, 5.41) is 20.2. The van der Waals surface area contributed by atoms with Crippen molar-refractivity contribution in [1.29, 1.82) is 0 Å². The summed E-state index contributed by atoms with van der Waals surface area (Å²) in [5.41, 5.74) is 2.13. The molecule has 4 nitrogen and oxygen atoms in total. The van der Waals surface area contributed by atoms with Crippen LogP contribution in [0.4, 0.5) is 0 Å². The van der Waals surface area contributed by atoms with Gasteiger partial charge in [0.1, 0.15) is 0 Å². The molecule has 2 N–H and O–H groups in total. The SMILES string of the molecule is OC1CN(Cc2cccc3cccnc23)CC1O. The van der Waals surface area contributed by atoms with Gasteiger partial charge in [-0.05, 0) is 11.6 Å². The fourth-order valence-corrected chi connectivity index (χ4v) is 2.51. The normalized spacial score (nSPS) is 24.8. The summed E-state index contributed by atoms with van der Waals surface area (Å²) in [7, 11) is 0. The van der Waals surface area contributed by atoms with Crippen LogP contribution in [0.15, 0.2) is 36.5 Å². The maximum absolute atomic E-state index is 9.55. The zero-order valence-electron chi connectivity index (χ0n) is 10.0. The van der Waals surface area contributed by atoms with E-state index in [1.807, 2.05) is 30.3 Å². The van der Waals surface area contributed by atoms with Crippen LogP contribution in [0.3, 0.4) is 0 Å². The van der Waals surface area contributed by atoms with E-state index in [1.165, 1.54) is 0 Å². The number of pyridine rings is 1. The Morgan fingerprint density at radius 3 is 2.61 bits per heavy atom. The van der Waals surface area contributed by atoms with Crippen molar-refractivity contribution in [3.63, 3.8) is 0 Å². The molecule has 94 valence electrons. The summed E-state index contributed by atoms with van der Waals surface area (Å²) in [5.74, 6) is 0. The van der Waals surface area contributed by atoms with Crippen LogP contribution in [0.5, 0.6) is 0 Å². The molecule has 0 spiro atoms. The number of β-amino-alcohol motifs (C(OH)–C–C–N with tert-alkyl or cyclic N) is 2. The van der Waals surface area contributed by atoms with E-state index < -0.39 is 12.2 Å². The third-order valence-corrected chi connectivity index (χ3v) is 3.44. The van der Waals surface area contributed by atoms with E-state index in [0.29, 0.717) is 19.6 Å². The Bertz CT molecular complexity index is 543. The lowest BCUT2D eigenvalue weighted by Gasteiger charge is -2.15. The molecule has 2 atom stereocenters. The van der Waals surface area contributed by atoms with Gasteiger partial charge in [0.15, 0.2) is 0 Å². The van der Waals surface area contributed by atoms with Gasteiger partial charge in [0.05, 0.1) is 17.7 Å². The van der Waals surface area contributed by atoms with Gasteiger partial charge in [0.25, 0.3) is 0 Å². The van der Waals surface area contributed by atoms with Crippen LogP contribution in [0.1, 0.15) is 5.56 Å². The van der Waals surface area contributed by atoms with Crippen molar-refractivity contribution in [2.24, 2.45) is 0 Å². The Labute approximate surface area is 105 Å². The molecule has 0 bridgehead atoms. The van der Waals surface area contributed by atoms with Crippen molar-refractivity contribution in [2.75, 3.05) is 13.1 Å². The highest BCUT2D eigenvalue weighted by atomic mass is 16.3. The molecule has 1 saturated heterocycles. The van der Waals surface area contributed by atoms with Crippen LogP contribution in [0, 0.1) is 0 Å². The second kappa shape index (κ2) is 4.65. The minimum Gasteiger partial charge on any atom is -0.389 e. The van der Waals surface area contributed by atoms with Gasteiger partial charge in [0, 0.05) is 31.2 Å². The molecule has 0 saturated carbocycles. The summed E-state index contributed by atoms with van der Waals surface area (Å²) in [6.45, 7) is 1.75. The Kier molecular flexibility index (Phi) is 2.99. The molecule has 3 rings (SSSR count). The summed E-state index contributed by atoms with van der Waals surface area (Å²) in [4.78, 5) is 6.46. The first kappa shape index (κ1) is 11.6. The van der Waals surface area contributed by atoms with Crippen LogP contribution >= 0.6 is 0 Å². The number of para-hydroxylation sites is 1. The van der Waals surface area contributed by atoms with Crippen molar-refractivity contribution in [3.8, 4) is 0 Å². The van der Waals surface area contributed by atoms with E-state index >= 15 is 0 Å². The minimum atomic E-state index is -0.632. The van der Waals surface area contributed by atoms with Crippen LogP contribution in [-0.2, 0) is 6.54 Å². The number of aliphatic hydroxyl groups is 2. The fraction of sp³-hybridized carbons (Fsp3) is 0.357. The topological polar surface area (TPSA) is 56.6 Å². The predicted molar refractivity (Wildman–Crippen MR) is 69.0 cm³/mol. The van der Waals surface area contributed by atoms with Gasteiger partial charge in [0.2, 0.25) is 0 Å². The molecule has 2 unspecified atom stereocenters. The maximum atomic E-state index is 9.55. The number of hydrogen-bond acceptors (Lipinski definition) is 4. The Morgan fingerprint density at radius 2 is 1.83 bits per heavy atom. The molecule has 1 aromatic carbocycles.